The topological polar surface area (TPSA) is 37.3 Å². The molecule has 0 spiro atoms. The first-order valence-corrected chi connectivity index (χ1v) is 4.03. The third kappa shape index (κ3) is 2.91. The maximum atomic E-state index is 10.1. The van der Waals surface area contributed by atoms with Crippen molar-refractivity contribution >= 4 is 32.8 Å². The summed E-state index contributed by atoms with van der Waals surface area (Å²) in [4.78, 5) is 10.1. The summed E-state index contributed by atoms with van der Waals surface area (Å²) in [6.45, 7) is 0. The first-order chi connectivity index (χ1) is 5.68. The molecule has 0 heterocycles. The van der Waals surface area contributed by atoms with Crippen LogP contribution in [-0.4, -0.2) is 27.4 Å². The minimum absolute atomic E-state index is 0.892. The van der Waals surface area contributed by atoms with Crippen molar-refractivity contribution in [3.8, 4) is 0 Å². The number of rotatable bonds is 2. The fourth-order valence-electron chi connectivity index (χ4n) is 0.775. The lowest BCUT2D eigenvalue weighted by atomic mass is 10.2. The number of carboxylic acid groups (broad SMARTS) is 1. The molecule has 0 atom stereocenters. The highest BCUT2D eigenvalue weighted by Gasteiger charge is 1.87. The minimum Gasteiger partial charge on any atom is -0.478 e. The van der Waals surface area contributed by atoms with Crippen molar-refractivity contribution in [1.82, 2.24) is 0 Å². The molecule has 0 unspecified atom stereocenters. The van der Waals surface area contributed by atoms with Gasteiger partial charge in [-0.1, -0.05) is 24.3 Å². The van der Waals surface area contributed by atoms with Gasteiger partial charge in [0, 0.05) is 6.08 Å². The first-order valence-electron chi connectivity index (χ1n) is 3.45. The molecular weight excluding hydrogens is 167 g/mol. The molecule has 0 amide bonds. The van der Waals surface area contributed by atoms with Crippen molar-refractivity contribution in [3.05, 3.63) is 35.9 Å². The van der Waals surface area contributed by atoms with Crippen LogP contribution < -0.4 is 4.43 Å². The van der Waals surface area contributed by atoms with E-state index in [0.717, 1.165) is 16.1 Å². The molecule has 0 aliphatic carbocycles. The number of hydrogen-bond acceptors (Lipinski definition) is 1. The molecule has 58 valence electrons. The van der Waals surface area contributed by atoms with Crippen molar-refractivity contribution in [2.24, 2.45) is 0 Å². The van der Waals surface area contributed by atoms with Crippen molar-refractivity contribution in [2.75, 3.05) is 0 Å². The van der Waals surface area contributed by atoms with E-state index in [2.05, 4.69) is 16.3 Å². The molecular formula is C9H7AlO2. The van der Waals surface area contributed by atoms with Gasteiger partial charge in [-0.2, -0.15) is 0 Å². The highest BCUT2D eigenvalue weighted by Crippen LogP contribution is 1.98. The van der Waals surface area contributed by atoms with Crippen LogP contribution in [-0.2, 0) is 4.79 Å². The quantitative estimate of drug-likeness (QED) is 0.526. The summed E-state index contributed by atoms with van der Waals surface area (Å²) in [5.41, 5.74) is 0.892. The molecule has 1 aromatic rings. The lowest BCUT2D eigenvalue weighted by Crippen LogP contribution is -1.99. The zero-order valence-electron chi connectivity index (χ0n) is 6.40. The van der Waals surface area contributed by atoms with Gasteiger partial charge in [-0.05, 0) is 11.6 Å². The highest BCUT2D eigenvalue weighted by molar-refractivity contribution is 6.32. The maximum Gasteiger partial charge on any atom is 0.328 e. The Kier molecular flexibility index (Phi) is 3.10. The van der Waals surface area contributed by atoms with Gasteiger partial charge < -0.3 is 5.11 Å². The lowest BCUT2D eigenvalue weighted by molar-refractivity contribution is -0.131. The number of hydrogen-bond donors (Lipinski definition) is 1. The summed E-state index contributed by atoms with van der Waals surface area (Å²) in [5.74, 6) is -0.926. The summed E-state index contributed by atoms with van der Waals surface area (Å²) in [5, 5.41) is 8.34. The Hall–Kier alpha value is -1.04. The number of aliphatic carboxylic acids is 1. The van der Waals surface area contributed by atoms with E-state index < -0.39 is 5.97 Å². The van der Waals surface area contributed by atoms with Crippen LogP contribution >= 0.6 is 0 Å². The summed E-state index contributed by atoms with van der Waals surface area (Å²) in [6, 6.07) is 7.54. The number of carbonyl (C=O) groups is 1. The summed E-state index contributed by atoms with van der Waals surface area (Å²) in [6.07, 6.45) is 2.68. The van der Waals surface area contributed by atoms with Crippen molar-refractivity contribution in [3.63, 3.8) is 0 Å². The second kappa shape index (κ2) is 4.10. The van der Waals surface area contributed by atoms with E-state index in [4.69, 9.17) is 5.11 Å². The van der Waals surface area contributed by atoms with Gasteiger partial charge in [0.25, 0.3) is 0 Å². The standard InChI is InChI=1S/C9H7O2.Al/c10-9(11)7-6-8-4-2-1-3-5-8;/h2-7H,(H,10,11);/b7-6+;. The molecule has 0 saturated heterocycles. The summed E-state index contributed by atoms with van der Waals surface area (Å²) >= 11 is 2.57. The largest absolute Gasteiger partial charge is 0.478 e. The molecule has 0 aromatic heterocycles. The molecule has 12 heavy (non-hydrogen) atoms. The third-order valence-electron chi connectivity index (χ3n) is 1.35. The molecule has 0 saturated carbocycles. The zero-order valence-corrected chi connectivity index (χ0v) is 7.55. The van der Waals surface area contributed by atoms with Gasteiger partial charge >= 0.3 is 5.97 Å². The van der Waals surface area contributed by atoms with Crippen LogP contribution in [0.3, 0.4) is 0 Å². The van der Waals surface area contributed by atoms with Crippen molar-refractivity contribution in [1.29, 1.82) is 0 Å². The third-order valence-corrected chi connectivity index (χ3v) is 1.74. The van der Waals surface area contributed by atoms with Gasteiger partial charge in [-0.25, -0.2) is 4.79 Å². The maximum absolute atomic E-state index is 10.1. The fourth-order valence-corrected chi connectivity index (χ4v) is 0.967. The van der Waals surface area contributed by atoms with E-state index in [9.17, 15) is 4.79 Å². The summed E-state index contributed by atoms with van der Waals surface area (Å²) in [7, 11) is 0. The molecule has 0 aliphatic heterocycles. The van der Waals surface area contributed by atoms with Crippen molar-refractivity contribution in [2.45, 2.75) is 0 Å². The van der Waals surface area contributed by atoms with Crippen LogP contribution in [0.1, 0.15) is 5.56 Å². The minimum atomic E-state index is -0.926. The zero-order chi connectivity index (χ0) is 8.97. The van der Waals surface area contributed by atoms with E-state index >= 15 is 0 Å². The molecule has 2 radical (unpaired) electrons. The summed E-state index contributed by atoms with van der Waals surface area (Å²) < 4.78 is 1.09. The number of carboxylic acids is 1. The predicted molar refractivity (Wildman–Crippen MR) is 48.5 cm³/mol. The normalized spacial score (nSPS) is 10.3. The second-order valence-electron chi connectivity index (χ2n) is 2.34. The monoisotopic (exact) mass is 174 g/mol. The smallest absolute Gasteiger partial charge is 0.328 e. The molecule has 0 fully saturated rings. The van der Waals surface area contributed by atoms with Crippen LogP contribution in [0.2, 0.25) is 0 Å². The van der Waals surface area contributed by atoms with Gasteiger partial charge in [0.1, 0.15) is 0 Å². The van der Waals surface area contributed by atoms with Gasteiger partial charge in [0.05, 0.1) is 0 Å². The van der Waals surface area contributed by atoms with Crippen molar-refractivity contribution < 1.29 is 9.90 Å². The van der Waals surface area contributed by atoms with Crippen LogP contribution in [0.5, 0.6) is 0 Å². The van der Waals surface area contributed by atoms with E-state index in [1.54, 1.807) is 6.08 Å². The van der Waals surface area contributed by atoms with Gasteiger partial charge in [-0.15, -0.1) is 4.43 Å². The van der Waals surface area contributed by atoms with Crippen LogP contribution in [0.15, 0.2) is 30.3 Å². The average molecular weight is 174 g/mol. The Morgan fingerprint density at radius 2 is 1.92 bits per heavy atom. The van der Waals surface area contributed by atoms with Crippen LogP contribution in [0, 0.1) is 0 Å². The molecule has 0 bridgehead atoms. The Morgan fingerprint density at radius 3 is 2.42 bits per heavy atom. The molecule has 3 heteroatoms. The van der Waals surface area contributed by atoms with Gasteiger partial charge in [-0.3, -0.25) is 0 Å². The van der Waals surface area contributed by atoms with Gasteiger partial charge in [0.15, 0.2) is 16.3 Å². The molecule has 0 aliphatic rings. The van der Waals surface area contributed by atoms with Crippen LogP contribution in [0.25, 0.3) is 6.08 Å². The molecule has 2 nitrogen and oxygen atoms in total. The Balaban J connectivity index is 2.77. The molecule has 1 N–H and O–H groups in total. The Labute approximate surface area is 79.0 Å². The van der Waals surface area contributed by atoms with Crippen LogP contribution in [0.4, 0.5) is 0 Å². The first kappa shape index (κ1) is 9.05. The number of benzene rings is 1. The predicted octanol–water partition coefficient (Wildman–Crippen LogP) is 0.578. The van der Waals surface area contributed by atoms with E-state index in [-0.39, 0.29) is 0 Å². The Morgan fingerprint density at radius 1 is 1.33 bits per heavy atom. The second-order valence-corrected chi connectivity index (χ2v) is 3.00. The highest BCUT2D eigenvalue weighted by atomic mass is 27.0. The lowest BCUT2D eigenvalue weighted by Gasteiger charge is -1.93. The van der Waals surface area contributed by atoms with E-state index in [1.165, 1.54) is 0 Å². The Bertz CT molecular complexity index is 301. The van der Waals surface area contributed by atoms with E-state index in [0.29, 0.717) is 0 Å². The average Bonchev–Trinajstić information content (AvgIpc) is 2.03. The fraction of sp³-hybridized carbons (Fsp3) is 0. The van der Waals surface area contributed by atoms with Gasteiger partial charge in [0.2, 0.25) is 0 Å². The SMILES string of the molecule is O=C(O)/C=C/c1cc[c]([Al])cc1. The van der Waals surface area contributed by atoms with E-state index in [1.807, 2.05) is 24.3 Å². The molecule has 1 aromatic carbocycles. The molecule has 1 rings (SSSR count).